The van der Waals surface area contributed by atoms with Crippen molar-refractivity contribution in [3.8, 4) is 0 Å². The van der Waals surface area contributed by atoms with E-state index in [0.29, 0.717) is 12.8 Å². The number of rotatable bonds is 27. The van der Waals surface area contributed by atoms with Gasteiger partial charge in [0, 0.05) is 12.8 Å². The van der Waals surface area contributed by atoms with Gasteiger partial charge in [0.25, 0.3) is 0 Å². The first kappa shape index (κ1) is 34.6. The molecule has 0 amide bonds. The van der Waals surface area contributed by atoms with E-state index in [2.05, 4.69) is 26.0 Å². The Hall–Kier alpha value is -1.36. The Morgan fingerprint density at radius 2 is 1.08 bits per heavy atom. The minimum absolute atomic E-state index is 0.0646. The maximum absolute atomic E-state index is 12.0. The van der Waals surface area contributed by atoms with Gasteiger partial charge in [-0.15, -0.1) is 0 Å². The minimum Gasteiger partial charge on any atom is -0.462 e. The van der Waals surface area contributed by atoms with Crippen molar-refractivity contribution in [2.75, 3.05) is 13.2 Å². The second-order valence-corrected chi connectivity index (χ2v) is 10.2. The van der Waals surface area contributed by atoms with E-state index >= 15 is 0 Å². The van der Waals surface area contributed by atoms with Crippen LogP contribution in [0.3, 0.4) is 0 Å². The fourth-order valence-corrected chi connectivity index (χ4v) is 4.20. The van der Waals surface area contributed by atoms with Gasteiger partial charge in [0.1, 0.15) is 6.61 Å². The van der Waals surface area contributed by atoms with Crippen LogP contribution in [0.15, 0.2) is 12.2 Å². The number of unbranched alkanes of at least 4 members (excludes halogenated alkanes) is 17. The molecule has 0 saturated carbocycles. The quantitative estimate of drug-likeness (QED) is 0.0680. The summed E-state index contributed by atoms with van der Waals surface area (Å²) in [4.78, 5) is 24.0. The molecule has 1 unspecified atom stereocenters. The lowest BCUT2D eigenvalue weighted by Crippen LogP contribution is -2.28. The number of aliphatic hydroxyl groups excluding tert-OH is 1. The van der Waals surface area contributed by atoms with E-state index in [-0.39, 0.29) is 25.2 Å². The average molecular weight is 511 g/mol. The SMILES string of the molecule is CCC/C=C\CCCCCCCC(=O)OC(CO)COC(=O)CCCCCCCCCCCCCC. The molecule has 0 rings (SSSR count). The molecule has 0 aliphatic heterocycles. The summed E-state index contributed by atoms with van der Waals surface area (Å²) in [6.45, 7) is 4.04. The molecule has 0 radical (unpaired) electrons. The van der Waals surface area contributed by atoms with Crippen molar-refractivity contribution in [2.45, 2.75) is 161 Å². The van der Waals surface area contributed by atoms with Crippen LogP contribution >= 0.6 is 0 Å². The Balaban J connectivity index is 3.59. The molecule has 0 aromatic rings. The van der Waals surface area contributed by atoms with Crippen molar-refractivity contribution in [2.24, 2.45) is 0 Å². The van der Waals surface area contributed by atoms with E-state index in [9.17, 15) is 14.7 Å². The summed E-state index contributed by atoms with van der Waals surface area (Å²) in [5, 5.41) is 9.45. The molecule has 0 aromatic heterocycles. The highest BCUT2D eigenvalue weighted by Crippen LogP contribution is 2.13. The minimum atomic E-state index is -0.765. The fraction of sp³-hybridized carbons (Fsp3) is 0.871. The van der Waals surface area contributed by atoms with Crippen molar-refractivity contribution in [1.82, 2.24) is 0 Å². The van der Waals surface area contributed by atoms with Crippen LogP contribution in [0.1, 0.15) is 155 Å². The van der Waals surface area contributed by atoms with Gasteiger partial charge in [0.2, 0.25) is 0 Å². The van der Waals surface area contributed by atoms with Crippen molar-refractivity contribution >= 4 is 11.9 Å². The standard InChI is InChI=1S/C31H58O5/c1-3-5-7-9-11-13-15-16-18-19-21-23-25-30(33)35-28-29(27-32)36-31(34)26-24-22-20-17-14-12-10-8-6-4-2/h8,10,29,32H,3-7,9,11-28H2,1-2H3/b10-8-. The highest BCUT2D eigenvalue weighted by atomic mass is 16.6. The van der Waals surface area contributed by atoms with Crippen molar-refractivity contribution in [1.29, 1.82) is 0 Å². The first-order valence-electron chi connectivity index (χ1n) is 15.2. The van der Waals surface area contributed by atoms with Gasteiger partial charge in [-0.3, -0.25) is 9.59 Å². The van der Waals surface area contributed by atoms with Crippen LogP contribution in [0.5, 0.6) is 0 Å². The van der Waals surface area contributed by atoms with Crippen molar-refractivity contribution in [3.05, 3.63) is 12.2 Å². The molecule has 0 aliphatic carbocycles. The molecule has 0 spiro atoms. The predicted octanol–water partition coefficient (Wildman–Crippen LogP) is 8.61. The first-order chi connectivity index (χ1) is 17.6. The molecule has 0 aliphatic rings. The molecule has 0 saturated heterocycles. The van der Waals surface area contributed by atoms with E-state index in [0.717, 1.165) is 51.4 Å². The Morgan fingerprint density at radius 3 is 1.61 bits per heavy atom. The van der Waals surface area contributed by atoms with Crippen molar-refractivity contribution < 1.29 is 24.2 Å². The van der Waals surface area contributed by atoms with E-state index < -0.39 is 6.10 Å². The van der Waals surface area contributed by atoms with Crippen molar-refractivity contribution in [3.63, 3.8) is 0 Å². The number of carbonyl (C=O) groups excluding carboxylic acids is 2. The fourth-order valence-electron chi connectivity index (χ4n) is 4.20. The summed E-state index contributed by atoms with van der Waals surface area (Å²) < 4.78 is 10.5. The first-order valence-corrected chi connectivity index (χ1v) is 15.2. The Kier molecular flexibility index (Phi) is 27.1. The molecular formula is C31H58O5. The number of allylic oxidation sites excluding steroid dienone is 2. The van der Waals surface area contributed by atoms with Crippen LogP contribution in [-0.4, -0.2) is 36.4 Å². The topological polar surface area (TPSA) is 72.8 Å². The lowest BCUT2D eigenvalue weighted by atomic mass is 10.0. The molecule has 1 atom stereocenters. The van der Waals surface area contributed by atoms with Crippen LogP contribution in [-0.2, 0) is 19.1 Å². The van der Waals surface area contributed by atoms with E-state index in [1.807, 2.05) is 0 Å². The monoisotopic (exact) mass is 510 g/mol. The van der Waals surface area contributed by atoms with Crippen LogP contribution in [0, 0.1) is 0 Å². The molecule has 5 heteroatoms. The molecule has 5 nitrogen and oxygen atoms in total. The summed E-state index contributed by atoms with van der Waals surface area (Å²) in [7, 11) is 0. The van der Waals surface area contributed by atoms with Crippen LogP contribution in [0.25, 0.3) is 0 Å². The highest BCUT2D eigenvalue weighted by molar-refractivity contribution is 5.70. The molecule has 212 valence electrons. The maximum atomic E-state index is 12.0. The van der Waals surface area contributed by atoms with E-state index in [4.69, 9.17) is 9.47 Å². The summed E-state index contributed by atoms with van der Waals surface area (Å²) in [6.07, 6.45) is 28.3. The zero-order chi connectivity index (χ0) is 26.5. The summed E-state index contributed by atoms with van der Waals surface area (Å²) >= 11 is 0. The molecule has 1 N–H and O–H groups in total. The third kappa shape index (κ3) is 25.7. The lowest BCUT2D eigenvalue weighted by molar-refractivity contribution is -0.161. The largest absolute Gasteiger partial charge is 0.462 e. The molecule has 36 heavy (non-hydrogen) atoms. The van der Waals surface area contributed by atoms with Crippen LogP contribution < -0.4 is 0 Å². The van der Waals surface area contributed by atoms with Gasteiger partial charge in [0.15, 0.2) is 6.10 Å². The second-order valence-electron chi connectivity index (χ2n) is 10.2. The third-order valence-corrected chi connectivity index (χ3v) is 6.54. The number of ether oxygens (including phenoxy) is 2. The van der Waals surface area contributed by atoms with Crippen LogP contribution in [0.2, 0.25) is 0 Å². The number of hydrogen-bond donors (Lipinski definition) is 1. The molecule has 0 heterocycles. The predicted molar refractivity (Wildman–Crippen MR) is 150 cm³/mol. The molecule has 0 fully saturated rings. The lowest BCUT2D eigenvalue weighted by Gasteiger charge is -2.15. The summed E-state index contributed by atoms with van der Waals surface area (Å²) in [5.41, 5.74) is 0. The number of aliphatic hydroxyl groups is 1. The number of esters is 2. The van der Waals surface area contributed by atoms with Gasteiger partial charge < -0.3 is 14.6 Å². The van der Waals surface area contributed by atoms with E-state index in [1.54, 1.807) is 0 Å². The average Bonchev–Trinajstić information content (AvgIpc) is 2.88. The maximum Gasteiger partial charge on any atom is 0.306 e. The van der Waals surface area contributed by atoms with Crippen LogP contribution in [0.4, 0.5) is 0 Å². The Bertz CT molecular complexity index is 517. The zero-order valence-electron chi connectivity index (χ0n) is 23.8. The van der Waals surface area contributed by atoms with E-state index in [1.165, 1.54) is 77.0 Å². The molecular weight excluding hydrogens is 452 g/mol. The molecule has 0 aromatic carbocycles. The smallest absolute Gasteiger partial charge is 0.306 e. The Morgan fingerprint density at radius 1 is 0.611 bits per heavy atom. The zero-order valence-corrected chi connectivity index (χ0v) is 23.8. The molecule has 0 bridgehead atoms. The second kappa shape index (κ2) is 28.2. The normalized spacial score (nSPS) is 12.2. The summed E-state index contributed by atoms with van der Waals surface area (Å²) in [5.74, 6) is -0.602. The Labute approximate surface area is 222 Å². The van der Waals surface area contributed by atoms with Gasteiger partial charge in [-0.05, 0) is 32.1 Å². The number of hydrogen-bond acceptors (Lipinski definition) is 5. The van der Waals surface area contributed by atoms with Gasteiger partial charge >= 0.3 is 11.9 Å². The highest BCUT2D eigenvalue weighted by Gasteiger charge is 2.16. The van der Waals surface area contributed by atoms with Gasteiger partial charge in [-0.1, -0.05) is 122 Å². The van der Waals surface area contributed by atoms with Gasteiger partial charge in [0.05, 0.1) is 6.61 Å². The van der Waals surface area contributed by atoms with Gasteiger partial charge in [-0.25, -0.2) is 0 Å². The third-order valence-electron chi connectivity index (χ3n) is 6.54. The van der Waals surface area contributed by atoms with Gasteiger partial charge in [-0.2, -0.15) is 0 Å². The number of carbonyl (C=O) groups is 2. The summed E-state index contributed by atoms with van der Waals surface area (Å²) in [6, 6.07) is 0.